The van der Waals surface area contributed by atoms with Gasteiger partial charge in [0.1, 0.15) is 0 Å². The van der Waals surface area contributed by atoms with Gasteiger partial charge in [-0.25, -0.2) is 4.90 Å². The molecule has 1 heterocycles. The van der Waals surface area contributed by atoms with Crippen molar-refractivity contribution in [1.82, 2.24) is 0 Å². The Hall–Kier alpha value is -2.62. The molecule has 2 amide bonds. The maximum absolute atomic E-state index is 13.9. The van der Waals surface area contributed by atoms with E-state index in [9.17, 15) is 9.59 Å². The lowest BCUT2D eigenvalue weighted by molar-refractivity contribution is -0.122. The molecule has 2 bridgehead atoms. The number of rotatable bonds is 3. The molecular formula is C28H23Cl2NO2. The molecule has 5 heteroatoms. The zero-order chi connectivity index (χ0) is 23.0. The van der Waals surface area contributed by atoms with Gasteiger partial charge in [-0.3, -0.25) is 9.59 Å². The Labute approximate surface area is 203 Å². The highest BCUT2D eigenvalue weighted by atomic mass is 35.5. The smallest absolute Gasteiger partial charge is 0.238 e. The number of imide groups is 1. The summed E-state index contributed by atoms with van der Waals surface area (Å²) in [5, 5.41) is 0.780. The molecule has 0 saturated carbocycles. The molecular weight excluding hydrogens is 453 g/mol. The van der Waals surface area contributed by atoms with Gasteiger partial charge < -0.3 is 0 Å². The lowest BCUT2D eigenvalue weighted by Gasteiger charge is -2.46. The molecule has 0 unspecified atom stereocenters. The number of carbonyl (C=O) groups excluding carboxylic acids is 2. The lowest BCUT2D eigenvalue weighted by atomic mass is 9.54. The van der Waals surface area contributed by atoms with E-state index < -0.39 is 11.8 Å². The van der Waals surface area contributed by atoms with E-state index in [0.717, 1.165) is 12.0 Å². The van der Waals surface area contributed by atoms with Gasteiger partial charge >= 0.3 is 0 Å². The number of hydrogen-bond donors (Lipinski definition) is 0. The van der Waals surface area contributed by atoms with Crippen LogP contribution in [-0.2, 0) is 9.59 Å². The van der Waals surface area contributed by atoms with Crippen LogP contribution in [0.15, 0.2) is 60.7 Å². The molecule has 5 atom stereocenters. The molecule has 3 aromatic carbocycles. The van der Waals surface area contributed by atoms with E-state index >= 15 is 0 Å². The molecule has 1 saturated heterocycles. The van der Waals surface area contributed by atoms with Crippen molar-refractivity contribution >= 4 is 40.7 Å². The zero-order valence-electron chi connectivity index (χ0n) is 18.4. The fourth-order valence-electron chi connectivity index (χ4n) is 6.19. The Morgan fingerprint density at radius 2 is 1.42 bits per heavy atom. The van der Waals surface area contributed by atoms with Gasteiger partial charge in [-0.2, -0.15) is 0 Å². The van der Waals surface area contributed by atoms with Gasteiger partial charge in [-0.15, -0.1) is 0 Å². The van der Waals surface area contributed by atoms with E-state index in [-0.39, 0.29) is 23.7 Å². The fourth-order valence-corrected chi connectivity index (χ4v) is 6.68. The number of halogens is 2. The maximum atomic E-state index is 13.9. The fraction of sp³-hybridized carbons (Fsp3) is 0.286. The first-order chi connectivity index (χ1) is 15.9. The third kappa shape index (κ3) is 2.82. The minimum atomic E-state index is -0.427. The lowest BCUT2D eigenvalue weighted by Crippen LogP contribution is -2.41. The molecule has 1 aliphatic heterocycles. The predicted molar refractivity (Wildman–Crippen MR) is 131 cm³/mol. The summed E-state index contributed by atoms with van der Waals surface area (Å²) in [6.07, 6.45) is 1.05. The van der Waals surface area contributed by atoms with E-state index in [0.29, 0.717) is 21.7 Å². The summed E-state index contributed by atoms with van der Waals surface area (Å²) in [7, 11) is 0. The van der Waals surface area contributed by atoms with E-state index in [1.54, 1.807) is 18.2 Å². The molecule has 3 aromatic rings. The second-order valence-corrected chi connectivity index (χ2v) is 10.3. The van der Waals surface area contributed by atoms with Crippen molar-refractivity contribution in [2.75, 3.05) is 4.90 Å². The van der Waals surface area contributed by atoms with Crippen LogP contribution in [0.3, 0.4) is 0 Å². The van der Waals surface area contributed by atoms with E-state index in [1.807, 2.05) is 12.1 Å². The average molecular weight is 476 g/mol. The first-order valence-corrected chi connectivity index (χ1v) is 12.2. The molecule has 0 radical (unpaired) electrons. The van der Waals surface area contributed by atoms with Crippen LogP contribution in [0.1, 0.15) is 65.8 Å². The van der Waals surface area contributed by atoms with Gasteiger partial charge in [0.05, 0.1) is 22.5 Å². The summed E-state index contributed by atoms with van der Waals surface area (Å²) in [6, 6.07) is 19.9. The van der Waals surface area contributed by atoms with Gasteiger partial charge in [0, 0.05) is 16.9 Å². The van der Waals surface area contributed by atoms with Gasteiger partial charge in [0.25, 0.3) is 0 Å². The minimum Gasteiger partial charge on any atom is -0.274 e. The van der Waals surface area contributed by atoms with Crippen molar-refractivity contribution in [3.63, 3.8) is 0 Å². The second-order valence-electron chi connectivity index (χ2n) is 9.44. The summed E-state index contributed by atoms with van der Waals surface area (Å²) in [6.45, 7) is 4.42. The molecule has 4 aliphatic rings. The molecule has 3 nitrogen and oxygen atoms in total. The van der Waals surface area contributed by atoms with Crippen LogP contribution in [0, 0.1) is 11.8 Å². The van der Waals surface area contributed by atoms with Crippen molar-refractivity contribution in [3.8, 4) is 0 Å². The first kappa shape index (κ1) is 20.9. The monoisotopic (exact) mass is 475 g/mol. The van der Waals surface area contributed by atoms with Crippen molar-refractivity contribution in [2.45, 2.75) is 38.0 Å². The summed E-state index contributed by atoms with van der Waals surface area (Å²) < 4.78 is 0. The van der Waals surface area contributed by atoms with E-state index in [1.165, 1.54) is 27.2 Å². The molecule has 0 spiro atoms. The molecule has 0 aromatic heterocycles. The third-order valence-corrected chi connectivity index (χ3v) is 8.43. The maximum Gasteiger partial charge on any atom is 0.238 e. The SMILES string of the molecule is CC[C@@H](C)c1ccc2c(c1)[C@@H]1c3ccccc3[C@@H]2[C@@H]2C(=O)N(c3ccc(Cl)cc3Cl)C(=O)[C@H]12. The molecule has 3 aliphatic carbocycles. The summed E-state index contributed by atoms with van der Waals surface area (Å²) >= 11 is 12.5. The van der Waals surface area contributed by atoms with Crippen LogP contribution in [-0.4, -0.2) is 11.8 Å². The zero-order valence-corrected chi connectivity index (χ0v) is 19.9. The van der Waals surface area contributed by atoms with Crippen LogP contribution in [0.4, 0.5) is 5.69 Å². The van der Waals surface area contributed by atoms with Crippen molar-refractivity contribution in [2.24, 2.45) is 11.8 Å². The molecule has 33 heavy (non-hydrogen) atoms. The Balaban J connectivity index is 1.55. The van der Waals surface area contributed by atoms with Crippen molar-refractivity contribution in [1.29, 1.82) is 0 Å². The summed E-state index contributed by atoms with van der Waals surface area (Å²) in [4.78, 5) is 29.0. The van der Waals surface area contributed by atoms with Crippen molar-refractivity contribution in [3.05, 3.63) is 98.5 Å². The van der Waals surface area contributed by atoms with Gasteiger partial charge in [-0.05, 0) is 58.4 Å². The van der Waals surface area contributed by atoms with E-state index in [2.05, 4.69) is 44.2 Å². The Kier molecular flexibility index (Phi) is 4.73. The summed E-state index contributed by atoms with van der Waals surface area (Å²) in [5.41, 5.74) is 6.41. The van der Waals surface area contributed by atoms with Crippen LogP contribution in [0.5, 0.6) is 0 Å². The highest BCUT2D eigenvalue weighted by Gasteiger charge is 2.62. The highest BCUT2D eigenvalue weighted by Crippen LogP contribution is 2.61. The first-order valence-electron chi connectivity index (χ1n) is 11.5. The Morgan fingerprint density at radius 1 is 0.818 bits per heavy atom. The molecule has 7 rings (SSSR count). The number of benzene rings is 3. The predicted octanol–water partition coefficient (Wildman–Crippen LogP) is 6.90. The largest absolute Gasteiger partial charge is 0.274 e. The van der Waals surface area contributed by atoms with E-state index in [4.69, 9.17) is 23.2 Å². The second kappa shape index (κ2) is 7.44. The van der Waals surface area contributed by atoms with Crippen molar-refractivity contribution < 1.29 is 9.59 Å². The number of anilines is 1. The molecule has 0 N–H and O–H groups in total. The van der Waals surface area contributed by atoms with Crippen LogP contribution in [0.2, 0.25) is 10.0 Å². The number of hydrogen-bond acceptors (Lipinski definition) is 2. The average Bonchev–Trinajstić information content (AvgIpc) is 3.09. The van der Waals surface area contributed by atoms with Gasteiger partial charge in [0.15, 0.2) is 0 Å². The number of amides is 2. The standard InChI is InChI=1S/C28H23Cl2NO2/c1-3-14(2)15-8-10-19-20(12-15)24-18-7-5-4-6-17(18)23(19)25-26(24)28(33)31(27(25)32)22-11-9-16(29)13-21(22)30/h4-14,23-26H,3H2,1-2H3/t14-,23+,24+,25+,26-/m1/s1. The van der Waals surface area contributed by atoms with Crippen LogP contribution < -0.4 is 4.90 Å². The summed E-state index contributed by atoms with van der Waals surface area (Å²) in [5.74, 6) is -1.02. The minimum absolute atomic E-state index is 0.135. The van der Waals surface area contributed by atoms with Gasteiger partial charge in [-0.1, -0.05) is 79.5 Å². The number of nitrogens with zero attached hydrogens (tertiary/aromatic N) is 1. The Bertz CT molecular complexity index is 1330. The van der Waals surface area contributed by atoms with Crippen LogP contribution in [0.25, 0.3) is 0 Å². The topological polar surface area (TPSA) is 37.4 Å². The molecule has 166 valence electrons. The highest BCUT2D eigenvalue weighted by molar-refractivity contribution is 6.38. The normalized spacial score (nSPS) is 25.6. The third-order valence-electron chi connectivity index (χ3n) is 7.90. The molecule has 1 fully saturated rings. The van der Waals surface area contributed by atoms with Gasteiger partial charge in [0.2, 0.25) is 11.8 Å². The van der Waals surface area contributed by atoms with Crippen LogP contribution >= 0.6 is 23.2 Å². The quantitative estimate of drug-likeness (QED) is 0.386. The Morgan fingerprint density at radius 3 is 2.03 bits per heavy atom. The number of carbonyl (C=O) groups is 2.